The molecule has 0 heterocycles. The van der Waals surface area contributed by atoms with Crippen LogP contribution in [-0.4, -0.2) is 12.5 Å². The van der Waals surface area contributed by atoms with Crippen molar-refractivity contribution in [2.24, 2.45) is 5.92 Å². The molecule has 0 saturated heterocycles. The predicted octanol–water partition coefficient (Wildman–Crippen LogP) is 2.11. The Bertz CT molecular complexity index is 143. The Hall–Kier alpha value is -0.790. The predicted molar refractivity (Wildman–Crippen MR) is 51.9 cm³/mol. The molecule has 0 aliphatic heterocycles. The third-order valence-corrected chi connectivity index (χ3v) is 1.92. The van der Waals surface area contributed by atoms with Gasteiger partial charge in [0.1, 0.15) is 0 Å². The first-order chi connectivity index (χ1) is 5.76. The van der Waals surface area contributed by atoms with E-state index in [1.165, 1.54) is 0 Å². The zero-order valence-electron chi connectivity index (χ0n) is 8.10. The molecule has 0 saturated carbocycles. The first-order valence-corrected chi connectivity index (χ1v) is 4.64. The van der Waals surface area contributed by atoms with Crippen LogP contribution in [-0.2, 0) is 4.79 Å². The minimum absolute atomic E-state index is 0.166. The Labute approximate surface area is 75.0 Å². The van der Waals surface area contributed by atoms with E-state index >= 15 is 0 Å². The lowest BCUT2D eigenvalue weighted by molar-refractivity contribution is -0.125. The molecule has 0 aliphatic rings. The van der Waals surface area contributed by atoms with E-state index in [1.54, 1.807) is 6.08 Å². The van der Waals surface area contributed by atoms with Crippen molar-refractivity contribution in [2.45, 2.75) is 33.1 Å². The van der Waals surface area contributed by atoms with E-state index in [1.807, 2.05) is 6.92 Å². The molecule has 1 atom stereocenters. The van der Waals surface area contributed by atoms with Gasteiger partial charge in [0.15, 0.2) is 0 Å². The summed E-state index contributed by atoms with van der Waals surface area (Å²) < 4.78 is 0. The SMILES string of the molecule is C=CCNC(=O)C(CC)CCC. The monoisotopic (exact) mass is 169 g/mol. The Morgan fingerprint density at radius 1 is 1.58 bits per heavy atom. The van der Waals surface area contributed by atoms with Gasteiger partial charge < -0.3 is 5.32 Å². The summed E-state index contributed by atoms with van der Waals surface area (Å²) in [4.78, 5) is 11.4. The van der Waals surface area contributed by atoms with Crippen LogP contribution in [0.3, 0.4) is 0 Å². The van der Waals surface area contributed by atoms with E-state index in [2.05, 4.69) is 18.8 Å². The van der Waals surface area contributed by atoms with Crippen LogP contribution < -0.4 is 5.32 Å². The Balaban J connectivity index is 3.76. The van der Waals surface area contributed by atoms with Crippen molar-refractivity contribution in [3.05, 3.63) is 12.7 Å². The highest BCUT2D eigenvalue weighted by Gasteiger charge is 2.13. The molecule has 1 amide bonds. The third kappa shape index (κ3) is 4.16. The molecule has 70 valence electrons. The molecule has 0 rings (SSSR count). The van der Waals surface area contributed by atoms with Gasteiger partial charge in [0, 0.05) is 12.5 Å². The molecule has 0 bridgehead atoms. The number of nitrogens with one attached hydrogen (secondary N) is 1. The van der Waals surface area contributed by atoms with Crippen molar-refractivity contribution >= 4 is 5.91 Å². The zero-order chi connectivity index (χ0) is 9.40. The largest absolute Gasteiger partial charge is 0.352 e. The number of hydrogen-bond donors (Lipinski definition) is 1. The second-order valence-corrected chi connectivity index (χ2v) is 2.93. The molecule has 1 unspecified atom stereocenters. The van der Waals surface area contributed by atoms with Gasteiger partial charge in [0.05, 0.1) is 0 Å². The van der Waals surface area contributed by atoms with Gasteiger partial charge in [-0.15, -0.1) is 6.58 Å². The highest BCUT2D eigenvalue weighted by Crippen LogP contribution is 2.10. The number of hydrogen-bond acceptors (Lipinski definition) is 1. The van der Waals surface area contributed by atoms with E-state index in [4.69, 9.17) is 0 Å². The summed E-state index contributed by atoms with van der Waals surface area (Å²) in [7, 11) is 0. The van der Waals surface area contributed by atoms with Crippen LogP contribution >= 0.6 is 0 Å². The van der Waals surface area contributed by atoms with E-state index in [0.29, 0.717) is 6.54 Å². The highest BCUT2D eigenvalue weighted by molar-refractivity contribution is 5.78. The molecule has 0 spiro atoms. The standard InChI is InChI=1S/C10H19NO/c1-4-7-9(6-3)10(12)11-8-5-2/h5,9H,2,4,6-8H2,1,3H3,(H,11,12). The first-order valence-electron chi connectivity index (χ1n) is 4.64. The number of amides is 1. The summed E-state index contributed by atoms with van der Waals surface area (Å²) in [6.07, 6.45) is 4.69. The van der Waals surface area contributed by atoms with E-state index in [0.717, 1.165) is 19.3 Å². The molecular formula is C10H19NO. The lowest BCUT2D eigenvalue weighted by Crippen LogP contribution is -2.30. The second-order valence-electron chi connectivity index (χ2n) is 2.93. The van der Waals surface area contributed by atoms with Crippen LogP contribution in [0.15, 0.2) is 12.7 Å². The number of rotatable bonds is 6. The summed E-state index contributed by atoms with van der Waals surface area (Å²) in [6, 6.07) is 0. The van der Waals surface area contributed by atoms with Crippen LogP contribution in [0.4, 0.5) is 0 Å². The van der Waals surface area contributed by atoms with Gasteiger partial charge in [-0.25, -0.2) is 0 Å². The summed E-state index contributed by atoms with van der Waals surface area (Å²) in [5, 5.41) is 2.81. The van der Waals surface area contributed by atoms with Gasteiger partial charge >= 0.3 is 0 Å². The van der Waals surface area contributed by atoms with Gasteiger partial charge in [0.25, 0.3) is 0 Å². The molecule has 0 aromatic rings. The Morgan fingerprint density at radius 2 is 2.25 bits per heavy atom. The molecule has 0 aromatic heterocycles. The normalized spacial score (nSPS) is 12.2. The fourth-order valence-electron chi connectivity index (χ4n) is 1.19. The average Bonchev–Trinajstić information content (AvgIpc) is 2.10. The highest BCUT2D eigenvalue weighted by atomic mass is 16.1. The van der Waals surface area contributed by atoms with Crippen LogP contribution in [0.25, 0.3) is 0 Å². The summed E-state index contributed by atoms with van der Waals surface area (Å²) >= 11 is 0. The maximum atomic E-state index is 11.4. The molecule has 0 radical (unpaired) electrons. The number of carbonyl (C=O) groups excluding carboxylic acids is 1. The Kier molecular flexibility index (Phi) is 6.44. The number of carbonyl (C=O) groups is 1. The molecule has 0 aliphatic carbocycles. The van der Waals surface area contributed by atoms with Gasteiger partial charge in [-0.2, -0.15) is 0 Å². The van der Waals surface area contributed by atoms with Gasteiger partial charge in [0.2, 0.25) is 5.91 Å². The minimum atomic E-state index is 0.166. The van der Waals surface area contributed by atoms with Crippen molar-refractivity contribution in [1.82, 2.24) is 5.32 Å². The van der Waals surface area contributed by atoms with Crippen LogP contribution in [0, 0.1) is 5.92 Å². The molecule has 2 heteroatoms. The van der Waals surface area contributed by atoms with Gasteiger partial charge in [-0.3, -0.25) is 4.79 Å². The van der Waals surface area contributed by atoms with Crippen LogP contribution in [0.2, 0.25) is 0 Å². The molecule has 12 heavy (non-hydrogen) atoms. The fraction of sp³-hybridized carbons (Fsp3) is 0.700. The average molecular weight is 169 g/mol. The molecule has 0 aromatic carbocycles. The quantitative estimate of drug-likeness (QED) is 0.606. The maximum Gasteiger partial charge on any atom is 0.223 e. The van der Waals surface area contributed by atoms with E-state index in [9.17, 15) is 4.79 Å². The third-order valence-electron chi connectivity index (χ3n) is 1.92. The molecule has 2 nitrogen and oxygen atoms in total. The van der Waals surface area contributed by atoms with Gasteiger partial charge in [-0.05, 0) is 12.8 Å². The van der Waals surface area contributed by atoms with Crippen molar-refractivity contribution in [3.63, 3.8) is 0 Å². The van der Waals surface area contributed by atoms with Crippen LogP contribution in [0.1, 0.15) is 33.1 Å². The first kappa shape index (κ1) is 11.2. The van der Waals surface area contributed by atoms with Crippen molar-refractivity contribution < 1.29 is 4.79 Å². The summed E-state index contributed by atoms with van der Waals surface area (Å²) in [5.74, 6) is 0.356. The van der Waals surface area contributed by atoms with Gasteiger partial charge in [-0.1, -0.05) is 26.3 Å². The second kappa shape index (κ2) is 6.89. The fourth-order valence-corrected chi connectivity index (χ4v) is 1.19. The Morgan fingerprint density at radius 3 is 2.67 bits per heavy atom. The smallest absolute Gasteiger partial charge is 0.223 e. The van der Waals surface area contributed by atoms with Crippen molar-refractivity contribution in [3.8, 4) is 0 Å². The van der Waals surface area contributed by atoms with E-state index in [-0.39, 0.29) is 11.8 Å². The minimum Gasteiger partial charge on any atom is -0.352 e. The topological polar surface area (TPSA) is 29.1 Å². The van der Waals surface area contributed by atoms with Crippen LogP contribution in [0.5, 0.6) is 0 Å². The van der Waals surface area contributed by atoms with Crippen molar-refractivity contribution in [1.29, 1.82) is 0 Å². The zero-order valence-corrected chi connectivity index (χ0v) is 8.10. The molecular weight excluding hydrogens is 150 g/mol. The summed E-state index contributed by atoms with van der Waals surface area (Å²) in [6.45, 7) is 8.28. The van der Waals surface area contributed by atoms with Crippen molar-refractivity contribution in [2.75, 3.05) is 6.54 Å². The van der Waals surface area contributed by atoms with E-state index < -0.39 is 0 Å². The lowest BCUT2D eigenvalue weighted by Gasteiger charge is -2.12. The maximum absolute atomic E-state index is 11.4. The lowest BCUT2D eigenvalue weighted by atomic mass is 10.00. The molecule has 0 fully saturated rings. The summed E-state index contributed by atoms with van der Waals surface area (Å²) in [5.41, 5.74) is 0. The molecule has 1 N–H and O–H groups in total.